The lowest BCUT2D eigenvalue weighted by Crippen LogP contribution is -2.29. The summed E-state index contributed by atoms with van der Waals surface area (Å²) in [5.41, 5.74) is 1.71. The lowest BCUT2D eigenvalue weighted by Gasteiger charge is -2.29. The molecule has 5 rings (SSSR count). The van der Waals surface area contributed by atoms with Gasteiger partial charge in [0.25, 0.3) is 5.89 Å². The molecule has 0 atom stereocenters. The molecule has 182 valence electrons. The molecule has 2 aromatic carbocycles. The summed E-state index contributed by atoms with van der Waals surface area (Å²) in [6.07, 6.45) is 0.666. The van der Waals surface area contributed by atoms with E-state index in [-0.39, 0.29) is 18.2 Å². The molecule has 10 heteroatoms. The van der Waals surface area contributed by atoms with E-state index in [2.05, 4.69) is 20.0 Å². The smallest absolute Gasteiger partial charge is 0.387 e. The third-order valence-corrected chi connectivity index (χ3v) is 6.08. The first-order valence-corrected chi connectivity index (χ1v) is 11.2. The second kappa shape index (κ2) is 9.53. The summed E-state index contributed by atoms with van der Waals surface area (Å²) in [7, 11) is 0. The van der Waals surface area contributed by atoms with Crippen LogP contribution in [0.15, 0.2) is 59.1 Å². The van der Waals surface area contributed by atoms with Crippen molar-refractivity contribution in [1.29, 1.82) is 0 Å². The fourth-order valence-corrected chi connectivity index (χ4v) is 4.13. The Kier molecular flexibility index (Phi) is 6.29. The van der Waals surface area contributed by atoms with Gasteiger partial charge < -0.3 is 14.0 Å². The first kappa shape index (κ1) is 23.1. The van der Waals surface area contributed by atoms with E-state index >= 15 is 4.39 Å². The number of aromatic nitrogens is 4. The van der Waals surface area contributed by atoms with Gasteiger partial charge in [0.05, 0.1) is 6.54 Å². The number of hydrogen-bond donors (Lipinski definition) is 0. The van der Waals surface area contributed by atoms with Crippen molar-refractivity contribution in [1.82, 2.24) is 19.9 Å². The van der Waals surface area contributed by atoms with E-state index in [1.807, 2.05) is 6.92 Å². The highest BCUT2D eigenvalue weighted by atomic mass is 19.3. The van der Waals surface area contributed by atoms with Gasteiger partial charge in [-0.15, -0.1) is 0 Å². The molecule has 0 unspecified atom stereocenters. The molecule has 4 aromatic rings. The summed E-state index contributed by atoms with van der Waals surface area (Å²) < 4.78 is 57.6. The van der Waals surface area contributed by atoms with Crippen LogP contribution in [0.4, 0.5) is 13.2 Å². The highest BCUT2D eigenvalue weighted by molar-refractivity contribution is 5.58. The molecule has 35 heavy (non-hydrogen) atoms. The Bertz CT molecular complexity index is 1300. The third-order valence-electron chi connectivity index (χ3n) is 6.08. The molecule has 7 nitrogen and oxygen atoms in total. The predicted molar refractivity (Wildman–Crippen MR) is 121 cm³/mol. The summed E-state index contributed by atoms with van der Waals surface area (Å²) in [5, 5.41) is 8.54. The minimum absolute atomic E-state index is 0.0956. The van der Waals surface area contributed by atoms with Gasteiger partial charge in [-0.05, 0) is 24.6 Å². The van der Waals surface area contributed by atoms with Gasteiger partial charge in [-0.25, -0.2) is 4.39 Å². The molecule has 0 N–H and O–H groups in total. The zero-order chi connectivity index (χ0) is 24.4. The van der Waals surface area contributed by atoms with Crippen LogP contribution in [0.5, 0.6) is 5.75 Å². The maximum absolute atomic E-state index is 15.2. The molecule has 0 saturated carbocycles. The van der Waals surface area contributed by atoms with Crippen LogP contribution in [0.2, 0.25) is 0 Å². The molecule has 0 amide bonds. The minimum atomic E-state index is -2.91. The number of nitrogens with zero attached hydrogens (tertiary/aromatic N) is 4. The fourth-order valence-electron chi connectivity index (χ4n) is 4.13. The fraction of sp³-hybridized carbons (Fsp3) is 0.320. The number of para-hydroxylation sites is 1. The number of aryl methyl sites for hydroxylation is 1. The van der Waals surface area contributed by atoms with Gasteiger partial charge >= 0.3 is 6.61 Å². The molecule has 0 spiro atoms. The van der Waals surface area contributed by atoms with Crippen LogP contribution in [0.25, 0.3) is 23.0 Å². The van der Waals surface area contributed by atoms with Gasteiger partial charge in [-0.2, -0.15) is 18.9 Å². The second-order valence-electron chi connectivity index (χ2n) is 8.39. The Morgan fingerprint density at radius 3 is 2.57 bits per heavy atom. The zero-order valence-corrected chi connectivity index (χ0v) is 19.0. The van der Waals surface area contributed by atoms with E-state index in [9.17, 15) is 8.78 Å². The highest BCUT2D eigenvalue weighted by Gasteiger charge is 2.34. The van der Waals surface area contributed by atoms with E-state index in [0.717, 1.165) is 5.69 Å². The van der Waals surface area contributed by atoms with Crippen LogP contribution in [0.3, 0.4) is 0 Å². The van der Waals surface area contributed by atoms with Crippen molar-refractivity contribution in [3.8, 4) is 28.7 Å². The van der Waals surface area contributed by atoms with Crippen molar-refractivity contribution in [2.45, 2.75) is 38.6 Å². The number of halogens is 3. The lowest BCUT2D eigenvalue weighted by atomic mass is 9.88. The normalized spacial score (nSPS) is 15.5. The summed E-state index contributed by atoms with van der Waals surface area (Å²) >= 11 is 0. The van der Waals surface area contributed by atoms with E-state index in [1.165, 1.54) is 6.07 Å². The summed E-state index contributed by atoms with van der Waals surface area (Å²) in [6, 6.07) is 15.4. The molecule has 1 aliphatic heterocycles. The maximum Gasteiger partial charge on any atom is 0.387 e. The quantitative estimate of drug-likeness (QED) is 0.343. The molecule has 1 aliphatic rings. The summed E-state index contributed by atoms with van der Waals surface area (Å²) in [4.78, 5) is 4.44. The van der Waals surface area contributed by atoms with Crippen LogP contribution < -0.4 is 4.74 Å². The largest absolute Gasteiger partial charge is 0.434 e. The van der Waals surface area contributed by atoms with Crippen molar-refractivity contribution >= 4 is 0 Å². The average molecular weight is 484 g/mol. The molecule has 2 aromatic heterocycles. The second-order valence-corrected chi connectivity index (χ2v) is 8.39. The first-order valence-electron chi connectivity index (χ1n) is 11.2. The number of rotatable bonds is 7. The summed E-state index contributed by atoms with van der Waals surface area (Å²) in [5.74, 6) is 0.669. The summed E-state index contributed by atoms with van der Waals surface area (Å²) in [6.45, 7) is -0.0325. The molecule has 1 fully saturated rings. The van der Waals surface area contributed by atoms with Crippen LogP contribution in [-0.2, 0) is 17.0 Å². The molecule has 0 aliphatic carbocycles. The Morgan fingerprint density at radius 1 is 1.09 bits per heavy atom. The number of ether oxygens (including phenoxy) is 2. The van der Waals surface area contributed by atoms with Crippen molar-refractivity contribution < 1.29 is 27.2 Å². The van der Waals surface area contributed by atoms with Gasteiger partial charge in [0.15, 0.2) is 5.69 Å². The monoisotopic (exact) mass is 484 g/mol. The molecule has 0 radical (unpaired) electrons. The van der Waals surface area contributed by atoms with Crippen molar-refractivity contribution in [3.05, 3.63) is 71.4 Å². The predicted octanol–water partition coefficient (Wildman–Crippen LogP) is 5.53. The molecule has 0 bridgehead atoms. The Hall–Kier alpha value is -3.66. The maximum atomic E-state index is 15.2. The van der Waals surface area contributed by atoms with Crippen molar-refractivity contribution in [2.75, 3.05) is 13.2 Å². The molecular weight excluding hydrogens is 461 g/mol. The van der Waals surface area contributed by atoms with Crippen molar-refractivity contribution in [3.63, 3.8) is 0 Å². The molecular formula is C25H23F3N4O3. The van der Waals surface area contributed by atoms with E-state index in [0.29, 0.717) is 54.3 Å². The highest BCUT2D eigenvalue weighted by Crippen LogP contribution is 2.37. The number of benzene rings is 2. The van der Waals surface area contributed by atoms with Gasteiger partial charge in [-0.3, -0.25) is 4.68 Å². The molecule has 1 saturated heterocycles. The average Bonchev–Trinajstić information content (AvgIpc) is 3.48. The zero-order valence-electron chi connectivity index (χ0n) is 19.0. The van der Waals surface area contributed by atoms with E-state index < -0.39 is 12.3 Å². The van der Waals surface area contributed by atoms with E-state index in [1.54, 1.807) is 53.2 Å². The number of hydrogen-bond acceptors (Lipinski definition) is 6. The minimum Gasteiger partial charge on any atom is -0.434 e. The van der Waals surface area contributed by atoms with Gasteiger partial charge in [0.1, 0.15) is 11.4 Å². The SMILES string of the molecule is Cc1cc(-c2nc(-c3ccc(C4(F)CCOCC4)cc3)no2)nn1Cc1ccccc1OC(F)F. The van der Waals surface area contributed by atoms with Crippen LogP contribution in [0.1, 0.15) is 29.7 Å². The Balaban J connectivity index is 1.34. The first-order chi connectivity index (χ1) is 16.9. The van der Waals surface area contributed by atoms with Gasteiger partial charge in [0, 0.05) is 42.9 Å². The topological polar surface area (TPSA) is 75.2 Å². The third kappa shape index (κ3) is 4.93. The number of alkyl halides is 3. The van der Waals surface area contributed by atoms with Crippen LogP contribution >= 0.6 is 0 Å². The molecule has 3 heterocycles. The van der Waals surface area contributed by atoms with E-state index in [4.69, 9.17) is 9.26 Å². The van der Waals surface area contributed by atoms with Crippen LogP contribution in [0, 0.1) is 6.92 Å². The van der Waals surface area contributed by atoms with Gasteiger partial charge in [-0.1, -0.05) is 47.6 Å². The van der Waals surface area contributed by atoms with Gasteiger partial charge in [0.2, 0.25) is 5.82 Å². The standard InChI is InChI=1S/C25H23F3N4O3/c1-16-14-20(30-32(16)15-18-4-2-3-5-21(18)34-24(26)27)23-29-22(31-35-23)17-6-8-19(9-7-17)25(28)10-12-33-13-11-25/h2-9,14,24H,10-13,15H2,1H3. The Morgan fingerprint density at radius 2 is 1.83 bits per heavy atom. The van der Waals surface area contributed by atoms with Crippen molar-refractivity contribution in [2.24, 2.45) is 0 Å². The van der Waals surface area contributed by atoms with Crippen LogP contribution in [-0.4, -0.2) is 39.7 Å². The Labute approximate surface area is 199 Å². The lowest BCUT2D eigenvalue weighted by molar-refractivity contribution is -0.0505.